The van der Waals surface area contributed by atoms with Crippen molar-refractivity contribution in [2.24, 2.45) is 5.73 Å². The first-order valence-corrected chi connectivity index (χ1v) is 8.49. The second-order valence-corrected chi connectivity index (χ2v) is 7.83. The van der Waals surface area contributed by atoms with Crippen LogP contribution in [0.3, 0.4) is 0 Å². The molecule has 1 fully saturated rings. The summed E-state index contributed by atoms with van der Waals surface area (Å²) in [6.07, 6.45) is 0.653. The fourth-order valence-corrected chi connectivity index (χ4v) is 4.67. The second kappa shape index (κ2) is 5.13. The van der Waals surface area contributed by atoms with Crippen molar-refractivity contribution in [3.63, 3.8) is 0 Å². The number of benzene rings is 1. The van der Waals surface area contributed by atoms with Gasteiger partial charge < -0.3 is 10.6 Å². The summed E-state index contributed by atoms with van der Waals surface area (Å²) >= 11 is 3.45. The first-order valence-electron chi connectivity index (χ1n) is 5.87. The molecule has 19 heavy (non-hydrogen) atoms. The molecule has 2 rings (SSSR count). The number of sulfone groups is 1. The van der Waals surface area contributed by atoms with Crippen LogP contribution in [0.5, 0.6) is 0 Å². The van der Waals surface area contributed by atoms with Gasteiger partial charge in [0.1, 0.15) is 5.84 Å². The van der Waals surface area contributed by atoms with Gasteiger partial charge in [-0.05, 0) is 40.5 Å². The molecule has 5 nitrogen and oxygen atoms in total. The van der Waals surface area contributed by atoms with E-state index < -0.39 is 9.84 Å². The number of nitrogens with one attached hydrogen (secondary N) is 1. The van der Waals surface area contributed by atoms with Crippen LogP contribution in [0.4, 0.5) is 5.69 Å². The van der Waals surface area contributed by atoms with Crippen LogP contribution in [0.1, 0.15) is 12.0 Å². The van der Waals surface area contributed by atoms with Gasteiger partial charge in [0, 0.05) is 23.1 Å². The normalized spacial score (nSPS) is 21.3. The van der Waals surface area contributed by atoms with Crippen LogP contribution < -0.4 is 10.6 Å². The molecule has 7 heteroatoms. The Balaban J connectivity index is 2.25. The number of amidine groups is 1. The molecule has 0 aliphatic carbocycles. The molecule has 0 radical (unpaired) electrons. The molecule has 1 aliphatic rings. The molecule has 3 N–H and O–H groups in total. The highest BCUT2D eigenvalue weighted by Gasteiger charge is 2.31. The first kappa shape index (κ1) is 14.3. The van der Waals surface area contributed by atoms with Gasteiger partial charge in [0.15, 0.2) is 9.84 Å². The number of halogens is 1. The lowest BCUT2D eigenvalue weighted by Gasteiger charge is -2.27. The van der Waals surface area contributed by atoms with Crippen LogP contribution >= 0.6 is 15.9 Å². The van der Waals surface area contributed by atoms with Gasteiger partial charge in [0.2, 0.25) is 0 Å². The van der Waals surface area contributed by atoms with Gasteiger partial charge in [0.25, 0.3) is 0 Å². The topological polar surface area (TPSA) is 87.2 Å². The van der Waals surface area contributed by atoms with Crippen molar-refractivity contribution < 1.29 is 8.42 Å². The Morgan fingerprint density at radius 3 is 2.68 bits per heavy atom. The van der Waals surface area contributed by atoms with E-state index in [1.165, 1.54) is 0 Å². The third-order valence-corrected chi connectivity index (χ3v) is 5.78. The van der Waals surface area contributed by atoms with E-state index in [-0.39, 0.29) is 23.4 Å². The van der Waals surface area contributed by atoms with Crippen LogP contribution in [0.25, 0.3) is 0 Å². The fourth-order valence-electron chi connectivity index (χ4n) is 2.24. The lowest BCUT2D eigenvalue weighted by atomic mass is 10.1. The lowest BCUT2D eigenvalue weighted by molar-refractivity contribution is 0.601. The van der Waals surface area contributed by atoms with Crippen LogP contribution in [0.2, 0.25) is 0 Å². The van der Waals surface area contributed by atoms with Crippen molar-refractivity contribution in [1.29, 1.82) is 5.41 Å². The van der Waals surface area contributed by atoms with E-state index in [2.05, 4.69) is 15.9 Å². The zero-order valence-corrected chi connectivity index (χ0v) is 13.0. The minimum Gasteiger partial charge on any atom is -0.384 e. The SMILES string of the molecule is CN(c1ccc(C(=N)N)cc1Br)C1CCS(=O)(=O)C1. The highest BCUT2D eigenvalue weighted by Crippen LogP contribution is 2.30. The molecular formula is C12H16BrN3O2S. The van der Waals surface area contributed by atoms with Crippen molar-refractivity contribution in [3.05, 3.63) is 28.2 Å². The first-order chi connectivity index (χ1) is 8.80. The van der Waals surface area contributed by atoms with Gasteiger partial charge in [-0.25, -0.2) is 8.42 Å². The van der Waals surface area contributed by atoms with Crippen molar-refractivity contribution in [1.82, 2.24) is 0 Å². The summed E-state index contributed by atoms with van der Waals surface area (Å²) in [5.74, 6) is 0.466. The largest absolute Gasteiger partial charge is 0.384 e. The molecule has 0 bridgehead atoms. The highest BCUT2D eigenvalue weighted by atomic mass is 79.9. The number of nitrogen functional groups attached to an aromatic ring is 1. The van der Waals surface area contributed by atoms with E-state index in [4.69, 9.17) is 11.1 Å². The number of nitrogens with two attached hydrogens (primary N) is 1. The van der Waals surface area contributed by atoms with Gasteiger partial charge in [-0.3, -0.25) is 5.41 Å². The third-order valence-electron chi connectivity index (χ3n) is 3.39. The van der Waals surface area contributed by atoms with Crippen LogP contribution in [0.15, 0.2) is 22.7 Å². The maximum absolute atomic E-state index is 11.5. The van der Waals surface area contributed by atoms with Crippen LogP contribution in [-0.2, 0) is 9.84 Å². The van der Waals surface area contributed by atoms with E-state index in [1.54, 1.807) is 12.1 Å². The van der Waals surface area contributed by atoms with Gasteiger partial charge in [-0.1, -0.05) is 0 Å². The van der Waals surface area contributed by atoms with Crippen molar-refractivity contribution in [2.45, 2.75) is 12.5 Å². The molecule has 0 spiro atoms. The minimum absolute atomic E-state index is 0.00415. The van der Waals surface area contributed by atoms with Gasteiger partial charge >= 0.3 is 0 Å². The summed E-state index contributed by atoms with van der Waals surface area (Å²) < 4.78 is 23.9. The lowest BCUT2D eigenvalue weighted by Crippen LogP contribution is -2.32. The Morgan fingerprint density at radius 1 is 1.53 bits per heavy atom. The molecule has 1 aromatic rings. The van der Waals surface area contributed by atoms with E-state index in [9.17, 15) is 8.42 Å². The van der Waals surface area contributed by atoms with Crippen LogP contribution in [-0.4, -0.2) is 38.8 Å². The van der Waals surface area contributed by atoms with Crippen molar-refractivity contribution in [2.75, 3.05) is 23.5 Å². The molecule has 0 aromatic heterocycles. The second-order valence-electron chi connectivity index (χ2n) is 4.75. The van der Waals surface area contributed by atoms with Gasteiger partial charge in [0.05, 0.1) is 17.2 Å². The zero-order chi connectivity index (χ0) is 14.2. The predicted molar refractivity (Wildman–Crippen MR) is 80.6 cm³/mol. The van der Waals surface area contributed by atoms with Gasteiger partial charge in [-0.15, -0.1) is 0 Å². The molecule has 1 atom stereocenters. The standard InChI is InChI=1S/C12H16BrN3O2S/c1-16(9-4-5-19(17,18)7-9)11-3-2-8(12(14)15)6-10(11)13/h2-3,6,9H,4-5,7H2,1H3,(H3,14,15). The summed E-state index contributed by atoms with van der Waals surface area (Å²) in [5, 5.41) is 7.39. The molecule has 0 saturated carbocycles. The van der Waals surface area contributed by atoms with Crippen molar-refractivity contribution >= 4 is 37.3 Å². The Bertz CT molecular complexity index is 615. The third kappa shape index (κ3) is 3.09. The maximum atomic E-state index is 11.5. The Hall–Kier alpha value is -1.08. The van der Waals surface area contributed by atoms with Crippen LogP contribution in [0, 0.1) is 5.41 Å². The summed E-state index contributed by atoms with van der Waals surface area (Å²) in [5.41, 5.74) is 6.99. The highest BCUT2D eigenvalue weighted by molar-refractivity contribution is 9.10. The Morgan fingerprint density at radius 2 is 2.21 bits per heavy atom. The molecule has 1 saturated heterocycles. The monoisotopic (exact) mass is 345 g/mol. The summed E-state index contributed by atoms with van der Waals surface area (Å²) in [4.78, 5) is 1.97. The quantitative estimate of drug-likeness (QED) is 0.639. The summed E-state index contributed by atoms with van der Waals surface area (Å²) in [6.45, 7) is 0. The molecular weight excluding hydrogens is 330 g/mol. The fraction of sp³-hybridized carbons (Fsp3) is 0.417. The van der Waals surface area contributed by atoms with E-state index in [1.807, 2.05) is 18.0 Å². The zero-order valence-electron chi connectivity index (χ0n) is 10.6. The summed E-state index contributed by atoms with van der Waals surface area (Å²) in [6, 6.07) is 5.40. The molecule has 1 aliphatic heterocycles. The minimum atomic E-state index is -2.89. The van der Waals surface area contributed by atoms with Gasteiger partial charge in [-0.2, -0.15) is 0 Å². The average Bonchev–Trinajstić information content (AvgIpc) is 2.68. The maximum Gasteiger partial charge on any atom is 0.152 e. The molecule has 1 unspecified atom stereocenters. The Labute approximate surface area is 121 Å². The Kier molecular flexibility index (Phi) is 3.87. The molecule has 1 heterocycles. The number of nitrogens with zero attached hydrogens (tertiary/aromatic N) is 1. The number of hydrogen-bond acceptors (Lipinski definition) is 4. The predicted octanol–water partition coefficient (Wildman–Crippen LogP) is 1.36. The number of anilines is 1. The smallest absolute Gasteiger partial charge is 0.152 e. The van der Waals surface area contributed by atoms with Crippen molar-refractivity contribution in [3.8, 4) is 0 Å². The number of hydrogen-bond donors (Lipinski definition) is 2. The molecule has 104 valence electrons. The average molecular weight is 346 g/mol. The van der Waals surface area contributed by atoms with E-state index in [0.29, 0.717) is 12.0 Å². The summed E-state index contributed by atoms with van der Waals surface area (Å²) in [7, 11) is -1.01. The van der Waals surface area contributed by atoms with E-state index in [0.717, 1.165) is 10.2 Å². The number of rotatable bonds is 3. The molecule has 0 amide bonds. The molecule has 1 aromatic carbocycles. The van der Waals surface area contributed by atoms with E-state index >= 15 is 0 Å².